The first-order chi connectivity index (χ1) is 9.28. The molecule has 0 saturated heterocycles. The monoisotopic (exact) mass is 274 g/mol. The van der Waals surface area contributed by atoms with E-state index in [-0.39, 0.29) is 5.92 Å². The zero-order chi connectivity index (χ0) is 13.2. The lowest BCUT2D eigenvalue weighted by atomic mass is 9.75. The molecule has 19 heavy (non-hydrogen) atoms. The summed E-state index contributed by atoms with van der Waals surface area (Å²) in [7, 11) is 0. The lowest BCUT2D eigenvalue weighted by molar-refractivity contribution is 0.255. The minimum atomic E-state index is 0.222. The van der Waals surface area contributed by atoms with Gasteiger partial charge in [-0.05, 0) is 43.2 Å². The summed E-state index contributed by atoms with van der Waals surface area (Å²) in [6.45, 7) is 0. The Kier molecular flexibility index (Phi) is 3.77. The van der Waals surface area contributed by atoms with E-state index in [2.05, 4.69) is 23.5 Å². The van der Waals surface area contributed by atoms with Crippen LogP contribution >= 0.6 is 11.6 Å². The molecule has 2 nitrogen and oxygen atoms in total. The van der Waals surface area contributed by atoms with E-state index in [1.165, 1.54) is 12.0 Å². The minimum Gasteiger partial charge on any atom is -0.310 e. The van der Waals surface area contributed by atoms with Gasteiger partial charge in [0.2, 0.25) is 0 Å². The Morgan fingerprint density at radius 3 is 2.74 bits per heavy atom. The molecule has 0 aliphatic heterocycles. The molecular weight excluding hydrogens is 256 g/mol. The van der Waals surface area contributed by atoms with Gasteiger partial charge in [-0.15, -0.1) is 0 Å². The second kappa shape index (κ2) is 5.53. The molecule has 0 heterocycles. The van der Waals surface area contributed by atoms with Gasteiger partial charge < -0.3 is 5.32 Å². The smallest absolute Gasteiger partial charge is 0.0672 e. The Bertz CT molecular complexity index is 488. The van der Waals surface area contributed by atoms with Crippen molar-refractivity contribution in [3.8, 4) is 6.07 Å². The summed E-state index contributed by atoms with van der Waals surface area (Å²) in [5, 5.41) is 13.7. The van der Waals surface area contributed by atoms with Gasteiger partial charge >= 0.3 is 0 Å². The average molecular weight is 275 g/mol. The van der Waals surface area contributed by atoms with E-state index < -0.39 is 0 Å². The molecule has 2 fully saturated rings. The van der Waals surface area contributed by atoms with Gasteiger partial charge in [-0.3, -0.25) is 0 Å². The van der Waals surface area contributed by atoms with Crippen molar-refractivity contribution in [2.45, 2.75) is 50.1 Å². The van der Waals surface area contributed by atoms with Crippen LogP contribution in [0.25, 0.3) is 0 Å². The maximum absolute atomic E-state index is 9.10. The third kappa shape index (κ3) is 2.63. The van der Waals surface area contributed by atoms with Crippen LogP contribution in [0, 0.1) is 17.2 Å². The number of nitriles is 1. The molecule has 1 aromatic rings. The van der Waals surface area contributed by atoms with Crippen molar-refractivity contribution in [1.82, 2.24) is 5.32 Å². The second-order valence-corrected chi connectivity index (χ2v) is 6.23. The van der Waals surface area contributed by atoms with E-state index in [4.69, 9.17) is 16.9 Å². The highest BCUT2D eigenvalue weighted by Gasteiger charge is 2.35. The normalized spacial score (nSPS) is 33.7. The molecule has 0 spiro atoms. The van der Waals surface area contributed by atoms with Gasteiger partial charge in [0.05, 0.1) is 12.0 Å². The van der Waals surface area contributed by atoms with Crippen molar-refractivity contribution in [1.29, 1.82) is 5.26 Å². The van der Waals surface area contributed by atoms with Crippen LogP contribution in [-0.4, -0.2) is 12.1 Å². The summed E-state index contributed by atoms with van der Waals surface area (Å²) in [5.74, 6) is 0.813. The van der Waals surface area contributed by atoms with E-state index in [1.807, 2.05) is 12.1 Å². The van der Waals surface area contributed by atoms with Crippen LogP contribution < -0.4 is 5.32 Å². The number of hydrogen-bond acceptors (Lipinski definition) is 2. The number of rotatable bonds is 3. The molecule has 2 aliphatic carbocycles. The zero-order valence-electron chi connectivity index (χ0n) is 11.0. The molecule has 2 saturated carbocycles. The summed E-state index contributed by atoms with van der Waals surface area (Å²) in [5.41, 5.74) is 1.28. The fraction of sp³-hybridized carbons (Fsp3) is 0.562. The van der Waals surface area contributed by atoms with Crippen LogP contribution in [0.5, 0.6) is 0 Å². The van der Waals surface area contributed by atoms with Crippen LogP contribution in [0.15, 0.2) is 24.3 Å². The van der Waals surface area contributed by atoms with Gasteiger partial charge in [-0.25, -0.2) is 0 Å². The highest BCUT2D eigenvalue weighted by molar-refractivity contribution is 6.31. The lowest BCUT2D eigenvalue weighted by Gasteiger charge is -2.39. The number of nitrogens with zero attached hydrogens (tertiary/aromatic N) is 1. The predicted octanol–water partition coefficient (Wildman–Crippen LogP) is 3.87. The molecule has 0 amide bonds. The molecule has 0 radical (unpaired) electrons. The molecule has 0 bridgehead atoms. The minimum absolute atomic E-state index is 0.222. The molecule has 100 valence electrons. The molecule has 0 aromatic heterocycles. The fourth-order valence-corrected chi connectivity index (χ4v) is 3.72. The van der Waals surface area contributed by atoms with Crippen LogP contribution in [0.2, 0.25) is 5.02 Å². The zero-order valence-corrected chi connectivity index (χ0v) is 11.7. The first kappa shape index (κ1) is 13.0. The SMILES string of the molecule is N#CC1CCCC1NC1CC(c2ccccc2Cl)C1. The summed E-state index contributed by atoms with van der Waals surface area (Å²) in [6.07, 6.45) is 5.72. The van der Waals surface area contributed by atoms with Gasteiger partial charge in [0.25, 0.3) is 0 Å². The molecule has 2 aliphatic rings. The fourth-order valence-electron chi connectivity index (χ4n) is 3.43. The van der Waals surface area contributed by atoms with Crippen LogP contribution in [0.3, 0.4) is 0 Å². The summed E-state index contributed by atoms with van der Waals surface area (Å²) < 4.78 is 0. The van der Waals surface area contributed by atoms with Crippen molar-refractivity contribution < 1.29 is 0 Å². The molecule has 1 aromatic carbocycles. The van der Waals surface area contributed by atoms with Gasteiger partial charge in [0.15, 0.2) is 0 Å². The van der Waals surface area contributed by atoms with Crippen molar-refractivity contribution in [3.63, 3.8) is 0 Å². The van der Waals surface area contributed by atoms with Gasteiger partial charge in [-0.2, -0.15) is 5.26 Å². The number of benzene rings is 1. The summed E-state index contributed by atoms with van der Waals surface area (Å²) in [4.78, 5) is 0. The van der Waals surface area contributed by atoms with E-state index in [0.717, 1.165) is 30.7 Å². The Balaban J connectivity index is 1.54. The highest BCUT2D eigenvalue weighted by atomic mass is 35.5. The highest BCUT2D eigenvalue weighted by Crippen LogP contribution is 2.41. The predicted molar refractivity (Wildman–Crippen MR) is 77.1 cm³/mol. The molecule has 3 heteroatoms. The number of halogens is 1. The molecule has 2 atom stereocenters. The maximum Gasteiger partial charge on any atom is 0.0672 e. The maximum atomic E-state index is 9.10. The van der Waals surface area contributed by atoms with Crippen LogP contribution in [0.4, 0.5) is 0 Å². The summed E-state index contributed by atoms with van der Waals surface area (Å²) in [6, 6.07) is 11.6. The quantitative estimate of drug-likeness (QED) is 0.908. The molecule has 2 unspecified atom stereocenters. The lowest BCUT2D eigenvalue weighted by Crippen LogP contribution is -2.46. The Morgan fingerprint density at radius 1 is 1.21 bits per heavy atom. The summed E-state index contributed by atoms with van der Waals surface area (Å²) >= 11 is 6.23. The first-order valence-corrected chi connectivity index (χ1v) is 7.56. The Hall–Kier alpha value is -1.04. The average Bonchev–Trinajstić information content (AvgIpc) is 2.82. The third-order valence-corrected chi connectivity index (χ3v) is 4.96. The van der Waals surface area contributed by atoms with E-state index >= 15 is 0 Å². The standard InChI is InChI=1S/C16H19ClN2/c17-15-6-2-1-5-14(15)12-8-13(9-12)19-16-7-3-4-11(16)10-18/h1-2,5-6,11-13,16,19H,3-4,7-9H2. The van der Waals surface area contributed by atoms with Crippen molar-refractivity contribution >= 4 is 11.6 Å². The molecular formula is C16H19ClN2. The van der Waals surface area contributed by atoms with Crippen molar-refractivity contribution in [2.75, 3.05) is 0 Å². The van der Waals surface area contributed by atoms with Crippen molar-refractivity contribution in [3.05, 3.63) is 34.9 Å². The van der Waals surface area contributed by atoms with E-state index in [0.29, 0.717) is 18.0 Å². The van der Waals surface area contributed by atoms with Gasteiger partial charge in [0, 0.05) is 17.1 Å². The van der Waals surface area contributed by atoms with Crippen LogP contribution in [-0.2, 0) is 0 Å². The van der Waals surface area contributed by atoms with E-state index in [9.17, 15) is 0 Å². The topological polar surface area (TPSA) is 35.8 Å². The largest absolute Gasteiger partial charge is 0.310 e. The van der Waals surface area contributed by atoms with E-state index in [1.54, 1.807) is 0 Å². The van der Waals surface area contributed by atoms with Gasteiger partial charge in [-0.1, -0.05) is 36.2 Å². The molecule has 3 rings (SSSR count). The number of hydrogen-bond donors (Lipinski definition) is 1. The first-order valence-electron chi connectivity index (χ1n) is 7.18. The van der Waals surface area contributed by atoms with Gasteiger partial charge in [0.1, 0.15) is 0 Å². The number of nitrogens with one attached hydrogen (secondary N) is 1. The third-order valence-electron chi connectivity index (χ3n) is 4.61. The van der Waals surface area contributed by atoms with Crippen molar-refractivity contribution in [2.24, 2.45) is 5.92 Å². The van der Waals surface area contributed by atoms with Crippen LogP contribution in [0.1, 0.15) is 43.6 Å². The second-order valence-electron chi connectivity index (χ2n) is 5.83. The Labute approximate surface area is 119 Å². The Morgan fingerprint density at radius 2 is 2.00 bits per heavy atom. The molecule has 1 N–H and O–H groups in total.